The Balaban J connectivity index is 2.02. The number of aryl methyl sites for hydroxylation is 1. The van der Waals surface area contributed by atoms with Crippen LogP contribution in [-0.2, 0) is 4.74 Å². The van der Waals surface area contributed by atoms with Gasteiger partial charge in [0.05, 0.1) is 6.61 Å². The molecule has 1 aromatic rings. The third-order valence-electron chi connectivity index (χ3n) is 3.74. The largest absolute Gasteiger partial charge is 0.450 e. The first-order valence-corrected chi connectivity index (χ1v) is 7.27. The Bertz CT molecular complexity index is 462. The minimum Gasteiger partial charge on any atom is -0.450 e. The maximum absolute atomic E-state index is 11.6. The first-order valence-electron chi connectivity index (χ1n) is 7.27. The highest BCUT2D eigenvalue weighted by molar-refractivity contribution is 5.67. The van der Waals surface area contributed by atoms with Crippen molar-refractivity contribution in [1.29, 1.82) is 0 Å². The van der Waals surface area contributed by atoms with E-state index < -0.39 is 0 Å². The van der Waals surface area contributed by atoms with Gasteiger partial charge in [0.25, 0.3) is 0 Å². The van der Waals surface area contributed by atoms with Crippen LogP contribution < -0.4 is 5.32 Å². The number of likely N-dealkylation sites (tertiary alicyclic amines) is 1. The van der Waals surface area contributed by atoms with E-state index in [4.69, 9.17) is 4.74 Å². The molecule has 1 aliphatic heterocycles. The lowest BCUT2D eigenvalue weighted by atomic mass is 9.87. The van der Waals surface area contributed by atoms with Gasteiger partial charge in [-0.25, -0.2) is 4.79 Å². The summed E-state index contributed by atoms with van der Waals surface area (Å²) in [5, 5.41) is 2.96. The van der Waals surface area contributed by atoms with E-state index in [1.165, 1.54) is 11.1 Å². The molecule has 4 heteroatoms. The number of piperidine rings is 1. The molecule has 0 saturated carbocycles. The van der Waals surface area contributed by atoms with Crippen LogP contribution >= 0.6 is 0 Å². The predicted octanol–water partition coefficient (Wildman–Crippen LogP) is 2.53. The summed E-state index contributed by atoms with van der Waals surface area (Å²) in [4.78, 5) is 13.8. The van der Waals surface area contributed by atoms with E-state index in [0.29, 0.717) is 12.5 Å². The molecular weight excluding hydrogens is 252 g/mol. The Morgan fingerprint density at radius 2 is 2.25 bits per heavy atom. The molecule has 20 heavy (non-hydrogen) atoms. The molecule has 1 N–H and O–H groups in total. The van der Waals surface area contributed by atoms with Crippen molar-refractivity contribution in [2.75, 3.05) is 26.7 Å². The number of hydrogen-bond donors (Lipinski definition) is 1. The number of carbonyl (C=O) groups is 1. The molecule has 0 aliphatic carbocycles. The van der Waals surface area contributed by atoms with Crippen LogP contribution in [0.25, 0.3) is 0 Å². The minimum absolute atomic E-state index is 0.151. The molecular formula is C16H24N2O2. The van der Waals surface area contributed by atoms with E-state index in [-0.39, 0.29) is 12.1 Å². The highest BCUT2D eigenvalue weighted by atomic mass is 16.5. The van der Waals surface area contributed by atoms with Crippen molar-refractivity contribution in [1.82, 2.24) is 10.2 Å². The summed E-state index contributed by atoms with van der Waals surface area (Å²) in [6.45, 7) is 6.26. The lowest BCUT2D eigenvalue weighted by Gasteiger charge is -2.36. The molecule has 1 heterocycles. The summed E-state index contributed by atoms with van der Waals surface area (Å²) in [5.74, 6) is 0.459. The van der Waals surface area contributed by atoms with Crippen LogP contribution in [0.1, 0.15) is 30.4 Å². The molecule has 1 amide bonds. The number of rotatable bonds is 3. The highest BCUT2D eigenvalue weighted by Gasteiger charge is 2.27. The van der Waals surface area contributed by atoms with E-state index in [1.807, 2.05) is 6.92 Å². The number of nitrogens with zero attached hydrogens (tertiary/aromatic N) is 1. The second kappa shape index (κ2) is 6.75. The number of likely N-dealkylation sites (N-methyl/N-ethyl adjacent to an activating group) is 1. The van der Waals surface area contributed by atoms with E-state index in [9.17, 15) is 4.79 Å². The molecule has 2 rings (SSSR count). The summed E-state index contributed by atoms with van der Waals surface area (Å²) in [7, 11) is 2.10. The normalized spacial score (nSPS) is 23.4. The van der Waals surface area contributed by atoms with Crippen molar-refractivity contribution in [2.24, 2.45) is 0 Å². The summed E-state index contributed by atoms with van der Waals surface area (Å²) >= 11 is 0. The molecule has 0 bridgehead atoms. The fourth-order valence-electron chi connectivity index (χ4n) is 2.93. The number of amides is 1. The van der Waals surface area contributed by atoms with Crippen molar-refractivity contribution in [3.63, 3.8) is 0 Å². The van der Waals surface area contributed by atoms with Crippen LogP contribution in [0.15, 0.2) is 24.3 Å². The zero-order valence-corrected chi connectivity index (χ0v) is 12.6. The smallest absolute Gasteiger partial charge is 0.407 e. The molecule has 1 saturated heterocycles. The number of alkyl carbamates (subject to hydrolysis) is 1. The SMILES string of the molecule is CCOC(=O)NC1CC(c2cccc(C)c2)CN(C)C1. The molecule has 1 fully saturated rings. The lowest BCUT2D eigenvalue weighted by molar-refractivity contribution is 0.135. The Morgan fingerprint density at radius 1 is 1.45 bits per heavy atom. The lowest BCUT2D eigenvalue weighted by Crippen LogP contribution is -2.48. The Hall–Kier alpha value is -1.55. The Morgan fingerprint density at radius 3 is 2.95 bits per heavy atom. The average molecular weight is 276 g/mol. The van der Waals surface area contributed by atoms with Gasteiger partial charge in [0.1, 0.15) is 0 Å². The first kappa shape index (κ1) is 14.9. The van der Waals surface area contributed by atoms with E-state index in [0.717, 1.165) is 19.5 Å². The van der Waals surface area contributed by atoms with Crippen LogP contribution in [0.3, 0.4) is 0 Å². The van der Waals surface area contributed by atoms with Gasteiger partial charge in [-0.05, 0) is 38.8 Å². The molecule has 0 aromatic heterocycles. The topological polar surface area (TPSA) is 41.6 Å². The fourth-order valence-corrected chi connectivity index (χ4v) is 2.93. The van der Waals surface area contributed by atoms with Gasteiger partial charge in [-0.1, -0.05) is 29.8 Å². The van der Waals surface area contributed by atoms with Crippen LogP contribution in [0, 0.1) is 6.92 Å². The number of ether oxygens (including phenoxy) is 1. The van der Waals surface area contributed by atoms with Gasteiger partial charge in [0.2, 0.25) is 0 Å². The molecule has 4 nitrogen and oxygen atoms in total. The average Bonchev–Trinajstić information content (AvgIpc) is 2.38. The van der Waals surface area contributed by atoms with E-state index in [1.54, 1.807) is 0 Å². The summed E-state index contributed by atoms with van der Waals surface area (Å²) in [6, 6.07) is 8.79. The predicted molar refractivity (Wildman–Crippen MR) is 80.0 cm³/mol. The van der Waals surface area contributed by atoms with Crippen molar-refractivity contribution < 1.29 is 9.53 Å². The molecule has 2 atom stereocenters. The molecule has 2 unspecified atom stereocenters. The fraction of sp³-hybridized carbons (Fsp3) is 0.562. The maximum Gasteiger partial charge on any atom is 0.407 e. The van der Waals surface area contributed by atoms with Gasteiger partial charge in [-0.15, -0.1) is 0 Å². The van der Waals surface area contributed by atoms with Gasteiger partial charge in [-0.3, -0.25) is 0 Å². The monoisotopic (exact) mass is 276 g/mol. The van der Waals surface area contributed by atoms with Gasteiger partial charge in [-0.2, -0.15) is 0 Å². The van der Waals surface area contributed by atoms with E-state index in [2.05, 4.69) is 48.5 Å². The third-order valence-corrected chi connectivity index (χ3v) is 3.74. The molecule has 110 valence electrons. The second-order valence-corrected chi connectivity index (χ2v) is 5.63. The summed E-state index contributed by atoms with van der Waals surface area (Å²) in [6.07, 6.45) is 0.655. The Labute approximate surface area is 121 Å². The van der Waals surface area contributed by atoms with Crippen molar-refractivity contribution in [3.8, 4) is 0 Å². The highest BCUT2D eigenvalue weighted by Crippen LogP contribution is 2.27. The van der Waals surface area contributed by atoms with Crippen molar-refractivity contribution >= 4 is 6.09 Å². The van der Waals surface area contributed by atoms with Gasteiger partial charge >= 0.3 is 6.09 Å². The summed E-state index contributed by atoms with van der Waals surface area (Å²) < 4.78 is 4.97. The van der Waals surface area contributed by atoms with E-state index >= 15 is 0 Å². The summed E-state index contributed by atoms with van der Waals surface area (Å²) in [5.41, 5.74) is 2.64. The standard InChI is InChI=1S/C16H24N2O2/c1-4-20-16(19)17-15-9-14(10-18(3)11-15)13-7-5-6-12(2)8-13/h5-8,14-15H,4,9-11H2,1-3H3,(H,17,19). The third kappa shape index (κ3) is 3.97. The minimum atomic E-state index is -0.309. The molecule has 0 radical (unpaired) electrons. The van der Waals surface area contributed by atoms with Gasteiger partial charge in [0, 0.05) is 19.1 Å². The van der Waals surface area contributed by atoms with Crippen LogP contribution in [-0.4, -0.2) is 43.8 Å². The van der Waals surface area contributed by atoms with Crippen molar-refractivity contribution in [3.05, 3.63) is 35.4 Å². The molecule has 1 aromatic carbocycles. The quantitative estimate of drug-likeness (QED) is 0.922. The van der Waals surface area contributed by atoms with Crippen LogP contribution in [0.5, 0.6) is 0 Å². The van der Waals surface area contributed by atoms with Gasteiger partial charge in [0.15, 0.2) is 0 Å². The Kier molecular flexibility index (Phi) is 5.01. The molecule has 1 aliphatic rings. The van der Waals surface area contributed by atoms with Crippen LogP contribution in [0.4, 0.5) is 4.79 Å². The number of hydrogen-bond acceptors (Lipinski definition) is 3. The molecule has 0 spiro atoms. The number of carbonyl (C=O) groups excluding carboxylic acids is 1. The number of benzene rings is 1. The van der Waals surface area contributed by atoms with Crippen molar-refractivity contribution in [2.45, 2.75) is 32.2 Å². The zero-order chi connectivity index (χ0) is 14.5. The number of nitrogens with one attached hydrogen (secondary N) is 1. The first-order chi connectivity index (χ1) is 9.58. The second-order valence-electron chi connectivity index (χ2n) is 5.63. The van der Waals surface area contributed by atoms with Crippen LogP contribution in [0.2, 0.25) is 0 Å². The maximum atomic E-state index is 11.6. The zero-order valence-electron chi connectivity index (χ0n) is 12.6. The van der Waals surface area contributed by atoms with Gasteiger partial charge < -0.3 is 15.0 Å².